The third kappa shape index (κ3) is 5.40. The van der Waals surface area contributed by atoms with Gasteiger partial charge in [0.05, 0.1) is 17.7 Å². The molecule has 1 atom stereocenters. The molecule has 1 aromatic carbocycles. The molecule has 1 amide bonds. The lowest BCUT2D eigenvalue weighted by Crippen LogP contribution is -2.45. The maximum Gasteiger partial charge on any atom is 0.253 e. The van der Waals surface area contributed by atoms with Gasteiger partial charge in [-0.05, 0) is 63.0 Å². The molecule has 0 unspecified atom stereocenters. The fourth-order valence-corrected chi connectivity index (χ4v) is 4.19. The number of likely N-dealkylation sites (N-methyl/N-ethyl adjacent to an activating group) is 2. The number of amides is 1. The largest absolute Gasteiger partial charge is 0.492 e. The van der Waals surface area contributed by atoms with Gasteiger partial charge in [0, 0.05) is 44.6 Å². The number of anilines is 1. The monoisotopic (exact) mass is 449 g/mol. The first-order valence-electron chi connectivity index (χ1n) is 11.1. The number of ether oxygens (including phenoxy) is 1. The van der Waals surface area contributed by atoms with Crippen LogP contribution in [0.2, 0.25) is 0 Å². The SMILES string of the molecule is CN(C)CCOc1ccc(C(=O)N(C)C[C@]2(O)CCN(c3ccnc4cccnc34)C2)cc1. The van der Waals surface area contributed by atoms with Crippen LogP contribution in [0.4, 0.5) is 5.69 Å². The van der Waals surface area contributed by atoms with Gasteiger partial charge in [0.1, 0.15) is 23.5 Å². The van der Waals surface area contributed by atoms with Crippen LogP contribution in [0.25, 0.3) is 11.0 Å². The summed E-state index contributed by atoms with van der Waals surface area (Å²) in [6, 6.07) is 12.9. The van der Waals surface area contributed by atoms with Crippen molar-refractivity contribution in [3.63, 3.8) is 0 Å². The summed E-state index contributed by atoms with van der Waals surface area (Å²) in [5.41, 5.74) is 2.17. The Balaban J connectivity index is 1.38. The molecule has 1 N–H and O–H groups in total. The van der Waals surface area contributed by atoms with Crippen molar-refractivity contribution in [3.8, 4) is 5.75 Å². The van der Waals surface area contributed by atoms with E-state index in [-0.39, 0.29) is 12.5 Å². The fraction of sp³-hybridized carbons (Fsp3) is 0.400. The molecule has 0 aliphatic carbocycles. The summed E-state index contributed by atoms with van der Waals surface area (Å²) in [6.45, 7) is 2.78. The summed E-state index contributed by atoms with van der Waals surface area (Å²) in [6.07, 6.45) is 4.08. The topological polar surface area (TPSA) is 82.0 Å². The molecule has 33 heavy (non-hydrogen) atoms. The van der Waals surface area contributed by atoms with Crippen LogP contribution in [0.1, 0.15) is 16.8 Å². The number of pyridine rings is 2. The summed E-state index contributed by atoms with van der Waals surface area (Å²) < 4.78 is 5.70. The zero-order chi connectivity index (χ0) is 23.4. The highest BCUT2D eigenvalue weighted by Crippen LogP contribution is 2.31. The molecule has 0 bridgehead atoms. The molecule has 8 nitrogen and oxygen atoms in total. The summed E-state index contributed by atoms with van der Waals surface area (Å²) >= 11 is 0. The molecule has 3 aromatic rings. The minimum Gasteiger partial charge on any atom is -0.492 e. The van der Waals surface area contributed by atoms with Crippen molar-refractivity contribution in [1.29, 1.82) is 0 Å². The molecule has 0 saturated carbocycles. The summed E-state index contributed by atoms with van der Waals surface area (Å²) in [7, 11) is 5.72. The normalized spacial score (nSPS) is 18.2. The summed E-state index contributed by atoms with van der Waals surface area (Å²) in [5.74, 6) is 0.608. The van der Waals surface area contributed by atoms with Crippen LogP contribution in [-0.2, 0) is 0 Å². The first-order valence-corrected chi connectivity index (χ1v) is 11.1. The van der Waals surface area contributed by atoms with E-state index in [0.717, 1.165) is 29.0 Å². The lowest BCUT2D eigenvalue weighted by Gasteiger charge is -2.29. The predicted octanol–water partition coefficient (Wildman–Crippen LogP) is 2.28. The highest BCUT2D eigenvalue weighted by molar-refractivity contribution is 5.94. The lowest BCUT2D eigenvalue weighted by molar-refractivity contribution is 0.0264. The average molecular weight is 450 g/mol. The van der Waals surface area contributed by atoms with Crippen LogP contribution in [0.15, 0.2) is 54.9 Å². The molecule has 0 spiro atoms. The molecule has 1 aliphatic rings. The molecule has 3 heterocycles. The van der Waals surface area contributed by atoms with Gasteiger partial charge in [0.2, 0.25) is 0 Å². The fourth-order valence-electron chi connectivity index (χ4n) is 4.19. The van der Waals surface area contributed by atoms with Crippen LogP contribution in [0.5, 0.6) is 5.75 Å². The van der Waals surface area contributed by atoms with Crippen molar-refractivity contribution in [2.45, 2.75) is 12.0 Å². The van der Waals surface area contributed by atoms with E-state index in [4.69, 9.17) is 4.74 Å². The van der Waals surface area contributed by atoms with E-state index >= 15 is 0 Å². The molecule has 4 rings (SSSR count). The zero-order valence-corrected chi connectivity index (χ0v) is 19.4. The van der Waals surface area contributed by atoms with E-state index in [0.29, 0.717) is 31.7 Å². The minimum atomic E-state index is -0.996. The number of nitrogens with zero attached hydrogens (tertiary/aromatic N) is 5. The predicted molar refractivity (Wildman–Crippen MR) is 129 cm³/mol. The quantitative estimate of drug-likeness (QED) is 0.565. The van der Waals surface area contributed by atoms with Crippen molar-refractivity contribution in [3.05, 3.63) is 60.4 Å². The highest BCUT2D eigenvalue weighted by Gasteiger charge is 2.38. The molecular weight excluding hydrogens is 418 g/mol. The maximum absolute atomic E-state index is 13.0. The van der Waals surface area contributed by atoms with Crippen molar-refractivity contribution >= 4 is 22.6 Å². The lowest BCUT2D eigenvalue weighted by atomic mass is 10.0. The number of carbonyl (C=O) groups is 1. The first kappa shape index (κ1) is 22.9. The van der Waals surface area contributed by atoms with E-state index in [2.05, 4.69) is 19.8 Å². The van der Waals surface area contributed by atoms with Crippen molar-refractivity contribution < 1.29 is 14.6 Å². The number of β-amino-alcohol motifs (C(OH)–C–C–N with tert-alkyl or cyclic N) is 1. The van der Waals surface area contributed by atoms with Crippen molar-refractivity contribution in [2.24, 2.45) is 0 Å². The van der Waals surface area contributed by atoms with Gasteiger partial charge in [-0.25, -0.2) is 0 Å². The molecule has 1 fully saturated rings. The van der Waals surface area contributed by atoms with E-state index in [1.807, 2.05) is 44.4 Å². The first-order chi connectivity index (χ1) is 15.8. The van der Waals surface area contributed by atoms with Gasteiger partial charge < -0.3 is 24.5 Å². The van der Waals surface area contributed by atoms with Gasteiger partial charge in [-0.3, -0.25) is 14.8 Å². The Bertz CT molecular complexity index is 1100. The number of benzene rings is 1. The summed E-state index contributed by atoms with van der Waals surface area (Å²) in [4.78, 5) is 27.6. The standard InChI is InChI=1S/C25H31N5O3/c1-28(2)15-16-33-20-8-6-19(7-9-20)24(31)29(3)17-25(32)11-14-30(18-25)22-10-13-26-21-5-4-12-27-23(21)22/h4-10,12-13,32H,11,14-18H2,1-3H3/t25-/m1/s1. The van der Waals surface area contributed by atoms with E-state index < -0.39 is 5.60 Å². The molecule has 174 valence electrons. The van der Waals surface area contributed by atoms with E-state index in [9.17, 15) is 9.90 Å². The third-order valence-electron chi connectivity index (χ3n) is 5.93. The van der Waals surface area contributed by atoms with Gasteiger partial charge in [-0.15, -0.1) is 0 Å². The molecular formula is C25H31N5O3. The molecule has 0 radical (unpaired) electrons. The van der Waals surface area contributed by atoms with E-state index in [1.54, 1.807) is 36.5 Å². The number of aliphatic hydroxyl groups is 1. The van der Waals surface area contributed by atoms with Crippen LogP contribution < -0.4 is 9.64 Å². The number of hydrogen-bond donors (Lipinski definition) is 1. The van der Waals surface area contributed by atoms with Crippen LogP contribution in [0.3, 0.4) is 0 Å². The van der Waals surface area contributed by atoms with E-state index in [1.165, 1.54) is 0 Å². The minimum absolute atomic E-state index is 0.127. The third-order valence-corrected chi connectivity index (χ3v) is 5.93. The number of hydrogen-bond acceptors (Lipinski definition) is 7. The molecule has 1 saturated heterocycles. The van der Waals surface area contributed by atoms with Crippen LogP contribution in [-0.4, -0.2) is 90.3 Å². The zero-order valence-electron chi connectivity index (χ0n) is 19.4. The Kier molecular flexibility index (Phi) is 6.76. The second-order valence-electron chi connectivity index (χ2n) is 8.93. The molecule has 8 heteroatoms. The Labute approximate surface area is 194 Å². The Morgan fingerprint density at radius 1 is 1.12 bits per heavy atom. The highest BCUT2D eigenvalue weighted by atomic mass is 16.5. The molecule has 1 aliphatic heterocycles. The van der Waals surface area contributed by atoms with Crippen molar-refractivity contribution in [1.82, 2.24) is 19.8 Å². The van der Waals surface area contributed by atoms with Gasteiger partial charge >= 0.3 is 0 Å². The Hall–Kier alpha value is -3.23. The number of carbonyl (C=O) groups excluding carboxylic acids is 1. The van der Waals surface area contributed by atoms with Gasteiger partial charge in [-0.2, -0.15) is 0 Å². The Morgan fingerprint density at radius 2 is 1.91 bits per heavy atom. The van der Waals surface area contributed by atoms with Gasteiger partial charge in [0.25, 0.3) is 5.91 Å². The number of aromatic nitrogens is 2. The van der Waals surface area contributed by atoms with Crippen molar-refractivity contribution in [2.75, 3.05) is 58.8 Å². The maximum atomic E-state index is 13.0. The van der Waals surface area contributed by atoms with Crippen LogP contribution in [0, 0.1) is 0 Å². The average Bonchev–Trinajstić information content (AvgIpc) is 3.19. The number of fused-ring (bicyclic) bond motifs is 1. The van der Waals surface area contributed by atoms with Gasteiger partial charge in [-0.1, -0.05) is 0 Å². The second kappa shape index (κ2) is 9.72. The van der Waals surface area contributed by atoms with Gasteiger partial charge in [0.15, 0.2) is 0 Å². The van der Waals surface area contributed by atoms with Crippen LogP contribution >= 0.6 is 0 Å². The summed E-state index contributed by atoms with van der Waals surface area (Å²) in [5, 5.41) is 11.3. The Morgan fingerprint density at radius 3 is 2.67 bits per heavy atom. The molecule has 2 aromatic heterocycles. The smallest absolute Gasteiger partial charge is 0.253 e. The second-order valence-corrected chi connectivity index (χ2v) is 8.93. The number of rotatable bonds is 8.